The van der Waals surface area contributed by atoms with Crippen LogP contribution >= 0.6 is 31.9 Å². The van der Waals surface area contributed by atoms with Crippen molar-refractivity contribution in [3.63, 3.8) is 0 Å². The van der Waals surface area contributed by atoms with E-state index in [4.69, 9.17) is 4.74 Å². The van der Waals surface area contributed by atoms with Crippen LogP contribution in [0.1, 0.15) is 16.0 Å². The van der Waals surface area contributed by atoms with E-state index >= 15 is 0 Å². The van der Waals surface area contributed by atoms with Gasteiger partial charge in [0, 0.05) is 10.0 Å². The summed E-state index contributed by atoms with van der Waals surface area (Å²) in [5, 5.41) is 0. The van der Waals surface area contributed by atoms with Crippen molar-refractivity contribution in [1.29, 1.82) is 0 Å². The van der Waals surface area contributed by atoms with Crippen LogP contribution in [0, 0.1) is 5.82 Å². The summed E-state index contributed by atoms with van der Waals surface area (Å²) in [6, 6.07) is 12.5. The van der Waals surface area contributed by atoms with Gasteiger partial charge in [-0.3, -0.25) is 0 Å². The zero-order valence-electron chi connectivity index (χ0n) is 9.66. The predicted molar refractivity (Wildman–Crippen MR) is 77.9 cm³/mol. The molecule has 0 saturated carbocycles. The summed E-state index contributed by atoms with van der Waals surface area (Å²) in [6.45, 7) is 0. The maximum absolute atomic E-state index is 13.8. The molecule has 0 heterocycles. The lowest BCUT2D eigenvalue weighted by Gasteiger charge is -2.12. The lowest BCUT2D eigenvalue weighted by atomic mass is 10.0. The molecule has 2 aromatic rings. The monoisotopic (exact) mass is 372 g/mol. The normalized spacial score (nSPS) is 12.2. The van der Waals surface area contributed by atoms with E-state index in [1.54, 1.807) is 19.2 Å². The topological polar surface area (TPSA) is 9.23 Å². The Kier molecular flexibility index (Phi) is 4.40. The maximum Gasteiger partial charge on any atom is 0.127 e. The van der Waals surface area contributed by atoms with E-state index in [9.17, 15) is 4.39 Å². The van der Waals surface area contributed by atoms with Gasteiger partial charge in [0.05, 0.1) is 11.9 Å². The molecular weight excluding hydrogens is 363 g/mol. The SMILES string of the molecule is COc1ccc(C(Br)c2cc(Br)ccc2F)cc1. The largest absolute Gasteiger partial charge is 0.497 e. The van der Waals surface area contributed by atoms with Gasteiger partial charge in [0.15, 0.2) is 0 Å². The molecule has 4 heteroatoms. The molecule has 94 valence electrons. The van der Waals surface area contributed by atoms with Crippen LogP contribution in [0.3, 0.4) is 0 Å². The van der Waals surface area contributed by atoms with Crippen LogP contribution < -0.4 is 4.74 Å². The molecule has 0 N–H and O–H groups in total. The highest BCUT2D eigenvalue weighted by Crippen LogP contribution is 2.34. The number of alkyl halides is 1. The maximum atomic E-state index is 13.8. The zero-order valence-corrected chi connectivity index (χ0v) is 12.8. The van der Waals surface area contributed by atoms with Gasteiger partial charge >= 0.3 is 0 Å². The molecule has 0 fully saturated rings. The number of hydrogen-bond donors (Lipinski definition) is 0. The van der Waals surface area contributed by atoms with E-state index in [-0.39, 0.29) is 10.6 Å². The van der Waals surface area contributed by atoms with Crippen LogP contribution in [0.2, 0.25) is 0 Å². The fourth-order valence-corrected chi connectivity index (χ4v) is 2.70. The molecule has 0 aromatic heterocycles. The molecule has 0 aliphatic heterocycles. The smallest absolute Gasteiger partial charge is 0.127 e. The highest BCUT2D eigenvalue weighted by atomic mass is 79.9. The number of methoxy groups -OCH3 is 1. The van der Waals surface area contributed by atoms with Crippen LogP contribution in [-0.4, -0.2) is 7.11 Å². The summed E-state index contributed by atoms with van der Waals surface area (Å²) in [5.74, 6) is 0.559. The second-order valence-electron chi connectivity index (χ2n) is 3.80. The standard InChI is InChI=1S/C14H11Br2FO/c1-18-11-5-2-9(3-6-11)14(16)12-8-10(15)4-7-13(12)17/h2-8,14H,1H3. The first-order valence-corrected chi connectivity index (χ1v) is 7.05. The van der Waals surface area contributed by atoms with Crippen molar-refractivity contribution in [2.24, 2.45) is 0 Å². The van der Waals surface area contributed by atoms with Crippen molar-refractivity contribution in [1.82, 2.24) is 0 Å². The number of benzene rings is 2. The zero-order chi connectivity index (χ0) is 13.1. The fraction of sp³-hybridized carbons (Fsp3) is 0.143. The fourth-order valence-electron chi connectivity index (χ4n) is 1.66. The van der Waals surface area contributed by atoms with Crippen LogP contribution in [0.25, 0.3) is 0 Å². The molecule has 0 radical (unpaired) electrons. The van der Waals surface area contributed by atoms with Crippen LogP contribution in [0.4, 0.5) is 4.39 Å². The van der Waals surface area contributed by atoms with Gasteiger partial charge in [-0.2, -0.15) is 0 Å². The summed E-state index contributed by atoms with van der Waals surface area (Å²) < 4.78 is 19.7. The van der Waals surface area contributed by atoms with Crippen molar-refractivity contribution in [3.8, 4) is 5.75 Å². The molecule has 1 unspecified atom stereocenters. The first-order valence-electron chi connectivity index (χ1n) is 5.35. The van der Waals surface area contributed by atoms with Gasteiger partial charge < -0.3 is 4.74 Å². The lowest BCUT2D eigenvalue weighted by molar-refractivity contribution is 0.414. The van der Waals surface area contributed by atoms with E-state index in [1.807, 2.05) is 24.3 Å². The Morgan fingerprint density at radius 3 is 2.39 bits per heavy atom. The first-order chi connectivity index (χ1) is 8.61. The van der Waals surface area contributed by atoms with E-state index in [1.165, 1.54) is 6.07 Å². The second-order valence-corrected chi connectivity index (χ2v) is 5.63. The molecular formula is C14H11Br2FO. The summed E-state index contributed by atoms with van der Waals surface area (Å²) in [4.78, 5) is -0.180. The van der Waals surface area contributed by atoms with Crippen LogP contribution in [-0.2, 0) is 0 Å². The van der Waals surface area contributed by atoms with Gasteiger partial charge in [-0.1, -0.05) is 44.0 Å². The summed E-state index contributed by atoms with van der Waals surface area (Å²) in [7, 11) is 1.62. The van der Waals surface area contributed by atoms with E-state index < -0.39 is 0 Å². The molecule has 1 atom stereocenters. The van der Waals surface area contributed by atoms with Crippen molar-refractivity contribution >= 4 is 31.9 Å². The highest BCUT2D eigenvalue weighted by Gasteiger charge is 2.15. The average Bonchev–Trinajstić information content (AvgIpc) is 2.41. The molecule has 0 spiro atoms. The van der Waals surface area contributed by atoms with Gasteiger partial charge in [-0.05, 0) is 35.9 Å². The summed E-state index contributed by atoms with van der Waals surface area (Å²) >= 11 is 6.88. The Bertz CT molecular complexity index is 540. The number of hydrogen-bond acceptors (Lipinski definition) is 1. The molecule has 18 heavy (non-hydrogen) atoms. The van der Waals surface area contributed by atoms with Crippen LogP contribution in [0.5, 0.6) is 5.75 Å². The number of ether oxygens (including phenoxy) is 1. The van der Waals surface area contributed by atoms with Gasteiger partial charge in [-0.25, -0.2) is 4.39 Å². The minimum atomic E-state index is -0.226. The second kappa shape index (κ2) is 5.85. The molecule has 0 aliphatic rings. The Labute approximate surface area is 122 Å². The number of halogens is 3. The van der Waals surface area contributed by atoms with Gasteiger partial charge in [0.25, 0.3) is 0 Å². The van der Waals surface area contributed by atoms with Crippen molar-refractivity contribution in [2.75, 3.05) is 7.11 Å². The molecule has 0 saturated heterocycles. The van der Waals surface area contributed by atoms with E-state index in [0.717, 1.165) is 15.8 Å². The van der Waals surface area contributed by atoms with E-state index in [0.29, 0.717) is 5.56 Å². The Balaban J connectivity index is 2.34. The molecule has 2 rings (SSSR count). The third kappa shape index (κ3) is 2.93. The highest BCUT2D eigenvalue weighted by molar-refractivity contribution is 9.10. The summed E-state index contributed by atoms with van der Waals surface area (Å²) in [6.07, 6.45) is 0. The molecule has 0 aliphatic carbocycles. The minimum absolute atomic E-state index is 0.180. The van der Waals surface area contributed by atoms with Crippen molar-refractivity contribution < 1.29 is 9.13 Å². The van der Waals surface area contributed by atoms with Crippen LogP contribution in [0.15, 0.2) is 46.9 Å². The Hall–Kier alpha value is -0.870. The first kappa shape index (κ1) is 13.6. The third-order valence-corrected chi connectivity index (χ3v) is 4.15. The molecule has 0 amide bonds. The molecule has 2 aromatic carbocycles. The third-order valence-electron chi connectivity index (χ3n) is 2.64. The molecule has 1 nitrogen and oxygen atoms in total. The van der Waals surface area contributed by atoms with Gasteiger partial charge in [0.1, 0.15) is 11.6 Å². The lowest BCUT2D eigenvalue weighted by Crippen LogP contribution is -1.96. The molecule has 0 bridgehead atoms. The predicted octanol–water partition coefficient (Wildman–Crippen LogP) is 5.08. The number of rotatable bonds is 3. The minimum Gasteiger partial charge on any atom is -0.497 e. The van der Waals surface area contributed by atoms with Gasteiger partial charge in [-0.15, -0.1) is 0 Å². The Morgan fingerprint density at radius 2 is 1.78 bits per heavy atom. The van der Waals surface area contributed by atoms with E-state index in [2.05, 4.69) is 31.9 Å². The van der Waals surface area contributed by atoms with Gasteiger partial charge in [0.2, 0.25) is 0 Å². The summed E-state index contributed by atoms with van der Waals surface area (Å²) in [5.41, 5.74) is 1.59. The Morgan fingerprint density at radius 1 is 1.11 bits per heavy atom. The van der Waals surface area contributed by atoms with Crippen molar-refractivity contribution in [2.45, 2.75) is 4.83 Å². The average molecular weight is 374 g/mol. The quantitative estimate of drug-likeness (QED) is 0.681. The van der Waals surface area contributed by atoms with Crippen molar-refractivity contribution in [3.05, 3.63) is 63.9 Å².